The number of ether oxygens (including phenoxy) is 2. The second-order valence-corrected chi connectivity index (χ2v) is 8.33. The Balaban J connectivity index is 1.73. The predicted molar refractivity (Wildman–Crippen MR) is 104 cm³/mol. The highest BCUT2D eigenvalue weighted by molar-refractivity contribution is 7.19. The van der Waals surface area contributed by atoms with Gasteiger partial charge in [-0.1, -0.05) is 23.5 Å². The lowest BCUT2D eigenvalue weighted by Crippen LogP contribution is -2.35. The minimum atomic E-state index is -1.10. The molecular formula is C18H23N5O4S. The normalized spacial score (nSPS) is 22.6. The van der Waals surface area contributed by atoms with Crippen molar-refractivity contribution in [1.82, 2.24) is 19.8 Å². The van der Waals surface area contributed by atoms with Gasteiger partial charge in [0.2, 0.25) is 4.96 Å². The number of aliphatic hydroxyl groups is 2. The molecule has 10 heteroatoms. The molecule has 0 unspecified atom stereocenters. The minimum absolute atomic E-state index is 0.435. The number of aliphatic hydroxyl groups excluding tert-OH is 2. The van der Waals surface area contributed by atoms with Crippen LogP contribution in [0.2, 0.25) is 0 Å². The van der Waals surface area contributed by atoms with Gasteiger partial charge in [0.05, 0.1) is 6.61 Å². The molecule has 150 valence electrons. The smallest absolute Gasteiger partial charge is 0.235 e. The highest BCUT2D eigenvalue weighted by atomic mass is 32.1. The van der Waals surface area contributed by atoms with E-state index >= 15 is 0 Å². The van der Waals surface area contributed by atoms with Crippen molar-refractivity contribution in [3.05, 3.63) is 30.1 Å². The summed E-state index contributed by atoms with van der Waals surface area (Å²) in [6, 6.07) is 8.07. The molecule has 0 saturated carbocycles. The number of aromatic nitrogens is 4. The van der Waals surface area contributed by atoms with Crippen molar-refractivity contribution in [3.8, 4) is 10.6 Å². The fourth-order valence-electron chi connectivity index (χ4n) is 3.22. The first-order valence-corrected chi connectivity index (χ1v) is 9.75. The summed E-state index contributed by atoms with van der Waals surface area (Å²) in [6.45, 7) is 3.06. The molecule has 0 bridgehead atoms. The quantitative estimate of drug-likeness (QED) is 0.657. The number of anilines is 1. The van der Waals surface area contributed by atoms with Crippen molar-refractivity contribution < 1.29 is 19.7 Å². The summed E-state index contributed by atoms with van der Waals surface area (Å²) in [7, 11) is 3.98. The number of hydrogen-bond donors (Lipinski definition) is 2. The van der Waals surface area contributed by atoms with E-state index in [-0.39, 0.29) is 0 Å². The van der Waals surface area contributed by atoms with E-state index in [1.807, 2.05) is 37.2 Å². The summed E-state index contributed by atoms with van der Waals surface area (Å²) in [4.78, 5) is 2.65. The topological polar surface area (TPSA) is 105 Å². The maximum atomic E-state index is 10.2. The van der Waals surface area contributed by atoms with Crippen LogP contribution in [-0.4, -0.2) is 68.7 Å². The van der Waals surface area contributed by atoms with Gasteiger partial charge in [-0.2, -0.15) is 9.61 Å². The molecule has 3 atom stereocenters. The molecule has 4 rings (SSSR count). The number of hydrogen-bond acceptors (Lipinski definition) is 9. The molecule has 2 aromatic heterocycles. The molecule has 1 fully saturated rings. The standard InChI is InChI=1S/C18H23N5O4S/c1-18(2)26-13(12(25)9-24)14(27-18)15-19-20-17-23(15)21-16(28-17)10-6-5-7-11(8-10)22(3)4/h5-8,12-14,24-25H,9H2,1-4H3/t12-,13-,14+/m1/s1. The lowest BCUT2D eigenvalue weighted by atomic mass is 10.1. The molecule has 1 aromatic carbocycles. The van der Waals surface area contributed by atoms with Crippen molar-refractivity contribution in [1.29, 1.82) is 0 Å². The zero-order valence-corrected chi connectivity index (χ0v) is 16.9. The van der Waals surface area contributed by atoms with Gasteiger partial charge in [-0.15, -0.1) is 10.2 Å². The van der Waals surface area contributed by atoms with E-state index in [9.17, 15) is 10.2 Å². The molecule has 1 aliphatic rings. The van der Waals surface area contributed by atoms with Crippen LogP contribution in [0, 0.1) is 0 Å². The molecule has 0 aliphatic carbocycles. The lowest BCUT2D eigenvalue weighted by Gasteiger charge is -2.19. The fraction of sp³-hybridized carbons (Fsp3) is 0.500. The Bertz CT molecular complexity index is 985. The van der Waals surface area contributed by atoms with E-state index in [0.29, 0.717) is 10.8 Å². The van der Waals surface area contributed by atoms with Crippen LogP contribution in [-0.2, 0) is 9.47 Å². The summed E-state index contributed by atoms with van der Waals surface area (Å²) in [6.07, 6.45) is -2.57. The van der Waals surface area contributed by atoms with Crippen molar-refractivity contribution >= 4 is 22.0 Å². The highest BCUT2D eigenvalue weighted by Crippen LogP contribution is 2.40. The molecule has 28 heavy (non-hydrogen) atoms. The molecule has 2 N–H and O–H groups in total. The molecule has 0 spiro atoms. The number of nitrogens with zero attached hydrogens (tertiary/aromatic N) is 5. The third kappa shape index (κ3) is 3.38. The van der Waals surface area contributed by atoms with Gasteiger partial charge in [0.1, 0.15) is 17.2 Å². The van der Waals surface area contributed by atoms with Crippen molar-refractivity contribution in [2.45, 2.75) is 37.9 Å². The Morgan fingerprint density at radius 2 is 2.07 bits per heavy atom. The Kier molecular flexibility index (Phi) is 4.84. The number of rotatable bonds is 5. The first-order valence-electron chi connectivity index (χ1n) is 8.93. The minimum Gasteiger partial charge on any atom is -0.394 e. The molecule has 9 nitrogen and oxygen atoms in total. The average Bonchev–Trinajstić information content (AvgIpc) is 3.33. The molecule has 0 amide bonds. The molecular weight excluding hydrogens is 382 g/mol. The predicted octanol–water partition coefficient (Wildman–Crippen LogP) is 1.46. The Morgan fingerprint density at radius 1 is 1.29 bits per heavy atom. The van der Waals surface area contributed by atoms with E-state index in [1.165, 1.54) is 11.3 Å². The Labute approximate surface area is 166 Å². The second kappa shape index (κ2) is 7.05. The first-order chi connectivity index (χ1) is 13.3. The van der Waals surface area contributed by atoms with E-state index in [2.05, 4.69) is 21.4 Å². The Morgan fingerprint density at radius 3 is 2.79 bits per heavy atom. The van der Waals surface area contributed by atoms with E-state index in [1.54, 1.807) is 18.4 Å². The number of fused-ring (bicyclic) bond motifs is 1. The van der Waals surface area contributed by atoms with Crippen molar-refractivity contribution in [2.24, 2.45) is 0 Å². The van der Waals surface area contributed by atoms with Crippen LogP contribution in [0.4, 0.5) is 5.69 Å². The fourth-order valence-corrected chi connectivity index (χ4v) is 4.06. The third-order valence-corrected chi connectivity index (χ3v) is 5.52. The molecule has 1 saturated heterocycles. The Hall–Kier alpha value is -2.11. The lowest BCUT2D eigenvalue weighted by molar-refractivity contribution is -0.158. The van der Waals surface area contributed by atoms with Gasteiger partial charge in [-0.05, 0) is 26.0 Å². The average molecular weight is 405 g/mol. The van der Waals surface area contributed by atoms with Gasteiger partial charge in [-0.25, -0.2) is 0 Å². The summed E-state index contributed by atoms with van der Waals surface area (Å²) in [5.41, 5.74) is 2.05. The van der Waals surface area contributed by atoms with Gasteiger partial charge >= 0.3 is 0 Å². The number of benzene rings is 1. The molecule has 3 aromatic rings. The van der Waals surface area contributed by atoms with Gasteiger partial charge in [-0.3, -0.25) is 0 Å². The van der Waals surface area contributed by atoms with E-state index in [4.69, 9.17) is 9.47 Å². The molecule has 1 aliphatic heterocycles. The van der Waals surface area contributed by atoms with Gasteiger partial charge < -0.3 is 24.6 Å². The molecule has 3 heterocycles. The maximum absolute atomic E-state index is 10.2. The van der Waals surface area contributed by atoms with Crippen LogP contribution in [0.3, 0.4) is 0 Å². The summed E-state index contributed by atoms with van der Waals surface area (Å²) < 4.78 is 13.3. The summed E-state index contributed by atoms with van der Waals surface area (Å²) in [5.74, 6) is -0.486. The van der Waals surface area contributed by atoms with Crippen LogP contribution < -0.4 is 4.90 Å². The summed E-state index contributed by atoms with van der Waals surface area (Å²) in [5, 5.41) is 33.4. The SMILES string of the molecule is CN(C)c1cccc(-c2nn3c([C@H]4OC(C)(C)O[C@@H]4[C@H](O)CO)nnc3s2)c1. The van der Waals surface area contributed by atoms with Crippen LogP contribution >= 0.6 is 11.3 Å². The van der Waals surface area contributed by atoms with Gasteiger partial charge in [0.25, 0.3) is 0 Å². The van der Waals surface area contributed by atoms with Crippen molar-refractivity contribution in [2.75, 3.05) is 25.6 Å². The second-order valence-electron chi connectivity index (χ2n) is 7.38. The monoisotopic (exact) mass is 405 g/mol. The van der Waals surface area contributed by atoms with E-state index in [0.717, 1.165) is 16.3 Å². The van der Waals surface area contributed by atoms with E-state index < -0.39 is 30.7 Å². The van der Waals surface area contributed by atoms with Gasteiger partial charge in [0.15, 0.2) is 17.7 Å². The largest absolute Gasteiger partial charge is 0.394 e. The highest BCUT2D eigenvalue weighted by Gasteiger charge is 2.47. The van der Waals surface area contributed by atoms with Crippen LogP contribution in [0.15, 0.2) is 24.3 Å². The van der Waals surface area contributed by atoms with Gasteiger partial charge in [0, 0.05) is 25.3 Å². The van der Waals surface area contributed by atoms with Crippen LogP contribution in [0.1, 0.15) is 25.8 Å². The third-order valence-electron chi connectivity index (χ3n) is 4.57. The zero-order chi connectivity index (χ0) is 20.1. The maximum Gasteiger partial charge on any atom is 0.235 e. The van der Waals surface area contributed by atoms with Crippen molar-refractivity contribution in [3.63, 3.8) is 0 Å². The van der Waals surface area contributed by atoms with Crippen LogP contribution in [0.5, 0.6) is 0 Å². The summed E-state index contributed by atoms with van der Waals surface area (Å²) >= 11 is 1.42. The van der Waals surface area contributed by atoms with Crippen LogP contribution in [0.25, 0.3) is 15.5 Å². The molecule has 0 radical (unpaired) electrons. The zero-order valence-electron chi connectivity index (χ0n) is 16.1. The first kappa shape index (κ1) is 19.2.